The molecule has 3 bridgehead atoms. The maximum Gasteiger partial charge on any atom is 0.0582 e. The van der Waals surface area contributed by atoms with E-state index in [1.165, 1.54) is 92.6 Å². The average molecular weight is 745 g/mol. The van der Waals surface area contributed by atoms with Crippen LogP contribution in [0.1, 0.15) is 43.2 Å². The molecule has 0 saturated heterocycles. The maximum absolute atomic E-state index is 2.64. The van der Waals surface area contributed by atoms with Gasteiger partial charge in [-0.15, -0.1) is 0 Å². The third-order valence-corrected chi connectivity index (χ3v) is 15.0. The second-order valence-electron chi connectivity index (χ2n) is 17.8. The first kappa shape index (κ1) is 32.7. The molecule has 2 unspecified atom stereocenters. The van der Waals surface area contributed by atoms with E-state index in [1.807, 2.05) is 0 Å². The van der Waals surface area contributed by atoms with Crippen LogP contribution in [0.5, 0.6) is 0 Å². The molecule has 1 spiro atoms. The predicted molar refractivity (Wildman–Crippen MR) is 242 cm³/mol. The van der Waals surface area contributed by atoms with Crippen LogP contribution in [0.25, 0.3) is 60.5 Å². The van der Waals surface area contributed by atoms with E-state index in [2.05, 4.69) is 191 Å². The van der Waals surface area contributed by atoms with Crippen LogP contribution in [0.4, 0.5) is 17.1 Å². The van der Waals surface area contributed by atoms with Crippen LogP contribution in [0.15, 0.2) is 182 Å². The van der Waals surface area contributed by atoms with Crippen molar-refractivity contribution in [3.8, 4) is 27.9 Å². The smallest absolute Gasteiger partial charge is 0.0582 e. The maximum atomic E-state index is 2.64. The lowest BCUT2D eigenvalue weighted by atomic mass is 9.52. The van der Waals surface area contributed by atoms with E-state index in [0.29, 0.717) is 5.92 Å². The van der Waals surface area contributed by atoms with Gasteiger partial charge in [0, 0.05) is 33.2 Å². The predicted octanol–water partition coefficient (Wildman–Crippen LogP) is 14.8. The fourth-order valence-corrected chi connectivity index (χ4v) is 12.6. The van der Waals surface area contributed by atoms with E-state index in [9.17, 15) is 0 Å². The second kappa shape index (κ2) is 12.3. The Labute approximate surface area is 340 Å². The van der Waals surface area contributed by atoms with Gasteiger partial charge < -0.3 is 9.47 Å². The number of para-hydroxylation sites is 2. The van der Waals surface area contributed by atoms with Crippen molar-refractivity contribution in [2.75, 3.05) is 4.90 Å². The van der Waals surface area contributed by atoms with Crippen molar-refractivity contribution in [1.29, 1.82) is 0 Å². The van der Waals surface area contributed by atoms with Crippen molar-refractivity contribution >= 4 is 49.6 Å². The van der Waals surface area contributed by atoms with E-state index in [-0.39, 0.29) is 5.41 Å². The molecule has 4 aliphatic rings. The molecule has 0 N–H and O–H groups in total. The number of hydrogen-bond acceptors (Lipinski definition) is 1. The molecule has 3 aliphatic carbocycles. The molecule has 2 heteroatoms. The number of aromatic nitrogens is 1. The van der Waals surface area contributed by atoms with Gasteiger partial charge in [-0.3, -0.25) is 0 Å². The Morgan fingerprint density at radius 2 is 1.10 bits per heavy atom. The highest BCUT2D eigenvalue weighted by Gasteiger charge is 2.58. The normalized spacial score (nSPS) is 22.6. The number of benzene rings is 8. The number of hydrogen-bond donors (Lipinski definition) is 0. The number of fused-ring (bicyclic) bond motifs is 11. The van der Waals surface area contributed by atoms with Gasteiger partial charge in [0.1, 0.15) is 0 Å². The first-order valence-corrected chi connectivity index (χ1v) is 21.4. The van der Waals surface area contributed by atoms with Crippen molar-refractivity contribution in [3.63, 3.8) is 0 Å². The first-order chi connectivity index (χ1) is 28.7. The minimum Gasteiger partial charge on any atom is -0.310 e. The highest BCUT2D eigenvalue weighted by atomic mass is 15.1. The Morgan fingerprint density at radius 1 is 0.448 bits per heavy atom. The summed E-state index contributed by atoms with van der Waals surface area (Å²) in [5.41, 5.74) is 15.9. The molecule has 2 nitrogen and oxygen atoms in total. The van der Waals surface area contributed by atoms with Gasteiger partial charge in [0.2, 0.25) is 0 Å². The van der Waals surface area contributed by atoms with Crippen LogP contribution in [-0.2, 0) is 5.41 Å². The van der Waals surface area contributed by atoms with Gasteiger partial charge in [-0.25, -0.2) is 0 Å². The van der Waals surface area contributed by atoms with Crippen LogP contribution in [0.2, 0.25) is 0 Å². The first-order valence-electron chi connectivity index (χ1n) is 21.4. The summed E-state index contributed by atoms with van der Waals surface area (Å²) in [4.78, 5) is 2.41. The lowest BCUT2D eigenvalue weighted by Gasteiger charge is -2.53. The molecule has 8 aromatic carbocycles. The molecule has 3 saturated carbocycles. The Balaban J connectivity index is 0.977. The summed E-state index contributed by atoms with van der Waals surface area (Å²) in [6, 6.07) is 68.4. The van der Waals surface area contributed by atoms with Gasteiger partial charge >= 0.3 is 0 Å². The minimum atomic E-state index is 0.0459. The molecular weight excluding hydrogens is 701 g/mol. The van der Waals surface area contributed by atoms with Crippen LogP contribution in [0.3, 0.4) is 0 Å². The Kier molecular flexibility index (Phi) is 6.94. The Hall–Kier alpha value is -6.38. The molecule has 9 aromatic rings. The van der Waals surface area contributed by atoms with E-state index < -0.39 is 0 Å². The van der Waals surface area contributed by atoms with Crippen molar-refractivity contribution in [2.45, 2.75) is 37.5 Å². The SMILES string of the molecule is c1ccc(-c2ccc(N(c3ccc(-c4cc5c6c(c4)c4ccccc4n6-c4ccccc4C54CC5C[C@H]6C[C@@H]5C[C@H]4C6)cc3)c3ccc4ccccc4c3)cc2)cc1. The molecule has 0 amide bonds. The summed E-state index contributed by atoms with van der Waals surface area (Å²) in [7, 11) is 0. The van der Waals surface area contributed by atoms with Gasteiger partial charge in [-0.05, 0) is 161 Å². The summed E-state index contributed by atoms with van der Waals surface area (Å²) in [5, 5.41) is 5.24. The van der Waals surface area contributed by atoms with Crippen molar-refractivity contribution in [2.24, 2.45) is 23.7 Å². The average Bonchev–Trinajstić information content (AvgIpc) is 3.73. The molecule has 1 aliphatic heterocycles. The highest BCUT2D eigenvalue weighted by Crippen LogP contribution is 2.66. The summed E-state index contributed by atoms with van der Waals surface area (Å²) < 4.78 is 2.62. The molecule has 13 rings (SSSR count). The summed E-state index contributed by atoms with van der Waals surface area (Å²) >= 11 is 0. The van der Waals surface area contributed by atoms with E-state index in [4.69, 9.17) is 0 Å². The zero-order valence-electron chi connectivity index (χ0n) is 32.6. The zero-order valence-corrected chi connectivity index (χ0v) is 32.6. The van der Waals surface area contributed by atoms with Crippen LogP contribution in [0, 0.1) is 23.7 Å². The molecule has 278 valence electrons. The Morgan fingerprint density at radius 3 is 1.93 bits per heavy atom. The zero-order chi connectivity index (χ0) is 38.0. The molecular formula is C56H44N2. The third kappa shape index (κ3) is 4.66. The molecule has 1 aromatic heterocycles. The number of nitrogens with zero attached hydrogens (tertiary/aromatic N) is 2. The quantitative estimate of drug-likeness (QED) is 0.170. The van der Waals surface area contributed by atoms with Gasteiger partial charge in [0.05, 0.1) is 16.7 Å². The van der Waals surface area contributed by atoms with Crippen LogP contribution in [-0.4, -0.2) is 4.57 Å². The number of anilines is 3. The second-order valence-corrected chi connectivity index (χ2v) is 17.8. The largest absolute Gasteiger partial charge is 0.310 e. The molecule has 3 fully saturated rings. The lowest BCUT2D eigenvalue weighted by molar-refractivity contribution is 0.103. The minimum absolute atomic E-state index is 0.0459. The van der Waals surface area contributed by atoms with Gasteiger partial charge in [0.15, 0.2) is 0 Å². The molecule has 58 heavy (non-hydrogen) atoms. The van der Waals surface area contributed by atoms with Crippen molar-refractivity contribution < 1.29 is 0 Å². The van der Waals surface area contributed by atoms with Gasteiger partial charge in [-0.1, -0.05) is 121 Å². The molecule has 2 heterocycles. The van der Waals surface area contributed by atoms with Crippen LogP contribution < -0.4 is 4.90 Å². The monoisotopic (exact) mass is 744 g/mol. The topological polar surface area (TPSA) is 8.17 Å². The van der Waals surface area contributed by atoms with Gasteiger partial charge in [-0.2, -0.15) is 0 Å². The van der Waals surface area contributed by atoms with Gasteiger partial charge in [0.25, 0.3) is 0 Å². The third-order valence-electron chi connectivity index (χ3n) is 15.0. The Bertz CT molecular complexity index is 3060. The van der Waals surface area contributed by atoms with E-state index >= 15 is 0 Å². The molecule has 5 atom stereocenters. The van der Waals surface area contributed by atoms with Crippen molar-refractivity contribution in [3.05, 3.63) is 193 Å². The fourth-order valence-electron chi connectivity index (χ4n) is 12.6. The van der Waals surface area contributed by atoms with E-state index in [0.717, 1.165) is 34.8 Å². The summed E-state index contributed by atoms with van der Waals surface area (Å²) in [5.74, 6) is 3.33. The highest BCUT2D eigenvalue weighted by molar-refractivity contribution is 6.13. The van der Waals surface area contributed by atoms with Crippen LogP contribution >= 0.6 is 0 Å². The number of rotatable bonds is 5. The summed E-state index contributed by atoms with van der Waals surface area (Å²) in [6.07, 6.45) is 6.94. The lowest BCUT2D eigenvalue weighted by Crippen LogP contribution is -2.47. The molecule has 0 radical (unpaired) electrons. The summed E-state index contributed by atoms with van der Waals surface area (Å²) in [6.45, 7) is 0. The van der Waals surface area contributed by atoms with E-state index in [1.54, 1.807) is 11.1 Å². The van der Waals surface area contributed by atoms with Crippen molar-refractivity contribution in [1.82, 2.24) is 4.57 Å². The fraction of sp³-hybridized carbons (Fsp3) is 0.179. The standard InChI is InChI=1S/C56H44N2/c1-2-10-37(11-3-1)39-18-23-46(24-19-39)57(48-27-22-38-12-4-5-13-41(38)32-48)47-25-20-40(21-26-47)43-33-50-49-14-6-8-16-53(49)58-54-17-9-7-15-51(54)56(52(34-43)55(50)58)35-44-29-36-28-42(44)31-45(56)30-36/h1-27,32-34,36,42,44-45H,28-31,35H2/t36-,42-,44?,45-,56?/m1/s1.